The Morgan fingerprint density at radius 1 is 1.04 bits per heavy atom. The molecule has 0 radical (unpaired) electrons. The van der Waals surface area contributed by atoms with Crippen molar-refractivity contribution in [3.63, 3.8) is 0 Å². The van der Waals surface area contributed by atoms with Crippen molar-refractivity contribution in [1.29, 1.82) is 0 Å². The molecule has 0 amide bonds. The van der Waals surface area contributed by atoms with Gasteiger partial charge in [0.15, 0.2) is 18.0 Å². The van der Waals surface area contributed by atoms with Crippen LogP contribution in [0.3, 0.4) is 0 Å². The molecule has 0 bridgehead atoms. The Hall–Kier alpha value is -2.40. The molecule has 126 valence electrons. The van der Waals surface area contributed by atoms with Crippen LogP contribution in [-0.4, -0.2) is 24.0 Å². The van der Waals surface area contributed by atoms with Crippen molar-refractivity contribution >= 4 is 23.4 Å². The number of ketones is 1. The van der Waals surface area contributed by atoms with E-state index < -0.39 is 29.8 Å². The van der Waals surface area contributed by atoms with Gasteiger partial charge in [0, 0.05) is 10.6 Å². The van der Waals surface area contributed by atoms with E-state index >= 15 is 0 Å². The molecular weight excluding hydrogens is 335 g/mol. The van der Waals surface area contributed by atoms with E-state index in [9.17, 15) is 14.0 Å². The molecule has 2 aromatic carbocycles. The number of rotatable bonds is 6. The molecule has 2 rings (SSSR count). The summed E-state index contributed by atoms with van der Waals surface area (Å²) in [4.78, 5) is 24.1. The second-order valence-electron chi connectivity index (χ2n) is 5.57. The first kappa shape index (κ1) is 17.9. The Bertz CT molecular complexity index is 724. The molecule has 24 heavy (non-hydrogen) atoms. The molecule has 0 aliphatic carbocycles. The maximum atomic E-state index is 12.8. The predicted octanol–water partition coefficient (Wildman–Crippen LogP) is 4.06. The van der Waals surface area contributed by atoms with Crippen LogP contribution in [0.5, 0.6) is 5.75 Å². The number of benzene rings is 2. The van der Waals surface area contributed by atoms with Gasteiger partial charge in [-0.05, 0) is 62.4 Å². The van der Waals surface area contributed by atoms with E-state index in [-0.39, 0.29) is 5.56 Å². The predicted molar refractivity (Wildman–Crippen MR) is 87.8 cm³/mol. The third-order valence-electron chi connectivity index (χ3n) is 3.18. The zero-order valence-corrected chi connectivity index (χ0v) is 14.0. The minimum Gasteiger partial charge on any atom is -0.476 e. The summed E-state index contributed by atoms with van der Waals surface area (Å²) >= 11 is 5.79. The SMILES string of the molecule is CC(C)(Oc1ccc(Cl)cc1)C(=O)OCC(=O)c1ccc(F)cc1. The number of Topliss-reactive ketones (excluding diaryl/α,β-unsaturated/α-hetero) is 1. The molecule has 0 unspecified atom stereocenters. The van der Waals surface area contributed by atoms with Gasteiger partial charge in [-0.2, -0.15) is 0 Å². The molecule has 0 heterocycles. The average molecular weight is 351 g/mol. The fraction of sp³-hybridized carbons (Fsp3) is 0.222. The van der Waals surface area contributed by atoms with Gasteiger partial charge in [0.25, 0.3) is 0 Å². The van der Waals surface area contributed by atoms with E-state index in [1.807, 2.05) is 0 Å². The molecule has 4 nitrogen and oxygen atoms in total. The van der Waals surface area contributed by atoms with Crippen LogP contribution in [0.2, 0.25) is 5.02 Å². The number of carbonyl (C=O) groups excluding carboxylic acids is 2. The largest absolute Gasteiger partial charge is 0.476 e. The fourth-order valence-corrected chi connectivity index (χ4v) is 1.99. The standard InChI is InChI=1S/C18H16ClFO4/c1-18(2,24-15-9-5-13(19)6-10-15)17(22)23-11-16(21)12-3-7-14(20)8-4-12/h3-10H,11H2,1-2H3. The highest BCUT2D eigenvalue weighted by atomic mass is 35.5. The van der Waals surface area contributed by atoms with Gasteiger partial charge >= 0.3 is 5.97 Å². The van der Waals surface area contributed by atoms with Crippen LogP contribution in [0.25, 0.3) is 0 Å². The van der Waals surface area contributed by atoms with Crippen LogP contribution in [-0.2, 0) is 9.53 Å². The van der Waals surface area contributed by atoms with Crippen molar-refractivity contribution in [1.82, 2.24) is 0 Å². The second kappa shape index (κ2) is 7.45. The van der Waals surface area contributed by atoms with E-state index in [0.717, 1.165) is 0 Å². The molecule has 0 N–H and O–H groups in total. The van der Waals surface area contributed by atoms with Gasteiger partial charge in [-0.3, -0.25) is 4.79 Å². The van der Waals surface area contributed by atoms with E-state index in [2.05, 4.69) is 0 Å². The Morgan fingerprint density at radius 3 is 2.21 bits per heavy atom. The van der Waals surface area contributed by atoms with Crippen molar-refractivity contribution in [2.45, 2.75) is 19.4 Å². The number of esters is 1. The maximum absolute atomic E-state index is 12.8. The van der Waals surface area contributed by atoms with Crippen LogP contribution in [0.15, 0.2) is 48.5 Å². The highest BCUT2D eigenvalue weighted by Gasteiger charge is 2.32. The second-order valence-corrected chi connectivity index (χ2v) is 6.01. The number of hydrogen-bond acceptors (Lipinski definition) is 4. The van der Waals surface area contributed by atoms with E-state index in [1.54, 1.807) is 24.3 Å². The third kappa shape index (κ3) is 4.80. The van der Waals surface area contributed by atoms with Gasteiger partial charge in [0.2, 0.25) is 0 Å². The Morgan fingerprint density at radius 2 is 1.62 bits per heavy atom. The van der Waals surface area contributed by atoms with Crippen LogP contribution in [0.4, 0.5) is 4.39 Å². The summed E-state index contributed by atoms with van der Waals surface area (Å²) < 4.78 is 23.4. The first-order chi connectivity index (χ1) is 11.3. The van der Waals surface area contributed by atoms with Gasteiger partial charge in [0.1, 0.15) is 11.6 Å². The van der Waals surface area contributed by atoms with Gasteiger partial charge in [-0.25, -0.2) is 9.18 Å². The summed E-state index contributed by atoms with van der Waals surface area (Å²) in [7, 11) is 0. The van der Waals surface area contributed by atoms with Crippen molar-refractivity contribution in [3.05, 3.63) is 64.9 Å². The van der Waals surface area contributed by atoms with Crippen molar-refractivity contribution in [2.24, 2.45) is 0 Å². The molecule has 0 aliphatic heterocycles. The number of carbonyl (C=O) groups is 2. The fourth-order valence-electron chi connectivity index (χ4n) is 1.86. The molecule has 0 fully saturated rings. The summed E-state index contributed by atoms with van der Waals surface area (Å²) in [6, 6.07) is 11.5. The zero-order chi connectivity index (χ0) is 17.7. The summed E-state index contributed by atoms with van der Waals surface area (Å²) in [6.07, 6.45) is 0. The summed E-state index contributed by atoms with van der Waals surface area (Å²) in [6.45, 7) is 2.62. The van der Waals surface area contributed by atoms with Crippen molar-refractivity contribution in [2.75, 3.05) is 6.61 Å². The highest BCUT2D eigenvalue weighted by molar-refractivity contribution is 6.30. The van der Waals surface area contributed by atoms with E-state index in [1.165, 1.54) is 38.1 Å². The monoisotopic (exact) mass is 350 g/mol. The van der Waals surface area contributed by atoms with Crippen LogP contribution >= 0.6 is 11.6 Å². The molecule has 2 aromatic rings. The molecule has 0 spiro atoms. The maximum Gasteiger partial charge on any atom is 0.350 e. The van der Waals surface area contributed by atoms with Gasteiger partial charge < -0.3 is 9.47 Å². The minimum absolute atomic E-state index is 0.264. The quantitative estimate of drug-likeness (QED) is 0.582. The summed E-state index contributed by atoms with van der Waals surface area (Å²) in [5.41, 5.74) is -1.02. The minimum atomic E-state index is -1.28. The van der Waals surface area contributed by atoms with Crippen LogP contribution < -0.4 is 4.74 Å². The molecule has 6 heteroatoms. The number of halogens is 2. The van der Waals surface area contributed by atoms with E-state index in [0.29, 0.717) is 10.8 Å². The lowest BCUT2D eigenvalue weighted by Gasteiger charge is -2.24. The first-order valence-electron chi connectivity index (χ1n) is 7.18. The molecule has 0 atom stereocenters. The van der Waals surface area contributed by atoms with Crippen LogP contribution in [0, 0.1) is 5.82 Å². The molecule has 0 saturated carbocycles. The normalized spacial score (nSPS) is 11.0. The van der Waals surface area contributed by atoms with Gasteiger partial charge in [0.05, 0.1) is 0 Å². The van der Waals surface area contributed by atoms with Gasteiger partial charge in [-0.15, -0.1) is 0 Å². The van der Waals surface area contributed by atoms with Crippen molar-refractivity contribution < 1.29 is 23.5 Å². The number of ether oxygens (including phenoxy) is 2. The Kier molecular flexibility index (Phi) is 5.57. The van der Waals surface area contributed by atoms with Crippen LogP contribution in [0.1, 0.15) is 24.2 Å². The van der Waals surface area contributed by atoms with Gasteiger partial charge in [-0.1, -0.05) is 11.6 Å². The lowest BCUT2D eigenvalue weighted by molar-refractivity contribution is -0.158. The van der Waals surface area contributed by atoms with Crippen molar-refractivity contribution in [3.8, 4) is 5.75 Å². The zero-order valence-electron chi connectivity index (χ0n) is 13.2. The molecule has 0 aliphatic rings. The lowest BCUT2D eigenvalue weighted by Crippen LogP contribution is -2.40. The topological polar surface area (TPSA) is 52.6 Å². The third-order valence-corrected chi connectivity index (χ3v) is 3.43. The number of hydrogen-bond donors (Lipinski definition) is 0. The molecule has 0 saturated heterocycles. The smallest absolute Gasteiger partial charge is 0.350 e. The summed E-state index contributed by atoms with van der Waals surface area (Å²) in [5, 5.41) is 0.549. The summed E-state index contributed by atoms with van der Waals surface area (Å²) in [5.74, 6) is -1.11. The average Bonchev–Trinajstić information content (AvgIpc) is 2.55. The Labute approximate surface area is 144 Å². The molecular formula is C18H16ClFO4. The Balaban J connectivity index is 1.93. The van der Waals surface area contributed by atoms with E-state index in [4.69, 9.17) is 21.1 Å². The highest BCUT2D eigenvalue weighted by Crippen LogP contribution is 2.21. The first-order valence-corrected chi connectivity index (χ1v) is 7.56. The lowest BCUT2D eigenvalue weighted by atomic mass is 10.1. The molecule has 0 aromatic heterocycles.